The fraction of sp³-hybridized carbons (Fsp3) is 0.600. The van der Waals surface area contributed by atoms with Crippen molar-refractivity contribution in [1.29, 1.82) is 0 Å². The van der Waals surface area contributed by atoms with Crippen molar-refractivity contribution in [2.24, 2.45) is 0 Å². The molecule has 0 aromatic heterocycles. The summed E-state index contributed by atoms with van der Waals surface area (Å²) in [6.07, 6.45) is 2.04. The highest BCUT2D eigenvalue weighted by atomic mass is 35.5. The molecule has 1 saturated carbocycles. The summed E-state index contributed by atoms with van der Waals surface area (Å²) < 4.78 is 4.24. The van der Waals surface area contributed by atoms with Crippen LogP contribution in [0.15, 0.2) is 12.8 Å². The molecule has 8 heavy (non-hydrogen) atoms. The molecule has 46 valence electrons. The van der Waals surface area contributed by atoms with Gasteiger partial charge in [-0.15, -0.1) is 0 Å². The molecule has 1 nitrogen and oxygen atoms in total. The van der Waals surface area contributed by atoms with Crippen LogP contribution < -0.4 is 0 Å². The van der Waals surface area contributed by atoms with E-state index in [1.165, 1.54) is 6.26 Å². The maximum atomic E-state index is 5.58. The van der Waals surface area contributed by atoms with Crippen molar-refractivity contribution in [2.75, 3.05) is 0 Å². The molecule has 0 bridgehead atoms. The second-order valence-electron chi connectivity index (χ2n) is 1.76. The van der Waals surface area contributed by atoms with E-state index < -0.39 is 4.33 Å². The van der Waals surface area contributed by atoms with Gasteiger partial charge in [0.2, 0.25) is 0 Å². The molecule has 1 fully saturated rings. The van der Waals surface area contributed by atoms with Crippen molar-refractivity contribution in [3.8, 4) is 0 Å². The summed E-state index contributed by atoms with van der Waals surface area (Å²) in [5.41, 5.74) is 0. The smallest absolute Gasteiger partial charge is 0.158 e. The Morgan fingerprint density at radius 2 is 2.25 bits per heavy atom. The number of halogens is 2. The lowest BCUT2D eigenvalue weighted by molar-refractivity contribution is 0.233. The lowest BCUT2D eigenvalue weighted by Crippen LogP contribution is -1.95. The molecular formula is C5H6Cl2O. The summed E-state index contributed by atoms with van der Waals surface area (Å²) in [5, 5.41) is 0. The lowest BCUT2D eigenvalue weighted by atomic mass is 10.8. The van der Waals surface area contributed by atoms with Gasteiger partial charge < -0.3 is 4.74 Å². The van der Waals surface area contributed by atoms with E-state index in [1.54, 1.807) is 0 Å². The first-order valence-corrected chi connectivity index (χ1v) is 3.06. The minimum absolute atomic E-state index is 0.0247. The molecule has 1 atom stereocenters. The predicted molar refractivity (Wildman–Crippen MR) is 34.1 cm³/mol. The quantitative estimate of drug-likeness (QED) is 0.436. The first-order chi connectivity index (χ1) is 3.67. The van der Waals surface area contributed by atoms with Crippen LogP contribution in [0.25, 0.3) is 0 Å². The molecule has 1 aliphatic rings. The van der Waals surface area contributed by atoms with E-state index in [-0.39, 0.29) is 6.10 Å². The van der Waals surface area contributed by atoms with Gasteiger partial charge in [-0.2, -0.15) is 0 Å². The van der Waals surface area contributed by atoms with Crippen LogP contribution in [0.4, 0.5) is 0 Å². The Morgan fingerprint density at radius 3 is 2.38 bits per heavy atom. The van der Waals surface area contributed by atoms with Crippen LogP contribution in [0, 0.1) is 0 Å². The van der Waals surface area contributed by atoms with Gasteiger partial charge in [0.25, 0.3) is 0 Å². The third kappa shape index (κ3) is 1.09. The van der Waals surface area contributed by atoms with Gasteiger partial charge >= 0.3 is 0 Å². The summed E-state index contributed by atoms with van der Waals surface area (Å²) in [5.74, 6) is 0. The van der Waals surface area contributed by atoms with Crippen LogP contribution in [-0.4, -0.2) is 10.4 Å². The lowest BCUT2D eigenvalue weighted by Gasteiger charge is -1.95. The van der Waals surface area contributed by atoms with E-state index in [4.69, 9.17) is 27.9 Å². The first kappa shape index (κ1) is 6.24. The monoisotopic (exact) mass is 152 g/mol. The maximum absolute atomic E-state index is 5.58. The molecule has 0 aromatic carbocycles. The van der Waals surface area contributed by atoms with Crippen molar-refractivity contribution >= 4 is 23.2 Å². The van der Waals surface area contributed by atoms with Crippen LogP contribution in [0.5, 0.6) is 0 Å². The van der Waals surface area contributed by atoms with Crippen LogP contribution in [0.2, 0.25) is 0 Å². The van der Waals surface area contributed by atoms with Crippen LogP contribution in [0.1, 0.15) is 6.42 Å². The van der Waals surface area contributed by atoms with Gasteiger partial charge in [0.15, 0.2) is 4.33 Å². The molecular weight excluding hydrogens is 147 g/mol. The van der Waals surface area contributed by atoms with Crippen molar-refractivity contribution < 1.29 is 4.74 Å². The molecule has 1 aliphatic carbocycles. The van der Waals surface area contributed by atoms with Crippen molar-refractivity contribution in [2.45, 2.75) is 16.9 Å². The predicted octanol–water partition coefficient (Wildman–Crippen LogP) is 2.09. The summed E-state index contributed by atoms with van der Waals surface area (Å²) >= 11 is 11.2. The van der Waals surface area contributed by atoms with E-state index in [0.717, 1.165) is 0 Å². The highest BCUT2D eigenvalue weighted by Crippen LogP contribution is 2.49. The van der Waals surface area contributed by atoms with Gasteiger partial charge in [-0.3, -0.25) is 0 Å². The minimum Gasteiger partial charge on any atom is -0.495 e. The fourth-order valence-corrected chi connectivity index (χ4v) is 0.835. The summed E-state index contributed by atoms with van der Waals surface area (Å²) in [7, 11) is 0. The zero-order valence-electron chi connectivity index (χ0n) is 4.23. The molecule has 0 aromatic rings. The van der Waals surface area contributed by atoms with E-state index in [1.807, 2.05) is 0 Å². The average molecular weight is 153 g/mol. The highest BCUT2D eigenvalue weighted by molar-refractivity contribution is 6.51. The minimum atomic E-state index is -0.631. The number of hydrogen-bond donors (Lipinski definition) is 0. The van der Waals surface area contributed by atoms with Crippen LogP contribution >= 0.6 is 23.2 Å². The summed E-state index contributed by atoms with van der Waals surface area (Å²) in [6, 6.07) is 0. The molecule has 0 amide bonds. The van der Waals surface area contributed by atoms with Gasteiger partial charge in [-0.05, 0) is 0 Å². The Balaban J connectivity index is 2.26. The van der Waals surface area contributed by atoms with Crippen LogP contribution in [0.3, 0.4) is 0 Å². The van der Waals surface area contributed by atoms with E-state index in [2.05, 4.69) is 6.58 Å². The molecule has 0 saturated heterocycles. The third-order valence-electron chi connectivity index (χ3n) is 1.03. The SMILES string of the molecule is C=COC1CC1(Cl)Cl. The van der Waals surface area contributed by atoms with Crippen LogP contribution in [-0.2, 0) is 4.74 Å². The van der Waals surface area contributed by atoms with Gasteiger partial charge in [-0.25, -0.2) is 0 Å². The number of ether oxygens (including phenoxy) is 1. The Hall–Kier alpha value is 0.120. The number of rotatable bonds is 2. The van der Waals surface area contributed by atoms with E-state index in [9.17, 15) is 0 Å². The standard InChI is InChI=1S/C5H6Cl2O/c1-2-8-4-3-5(4,6)7/h2,4H,1,3H2. The molecule has 3 heteroatoms. The Morgan fingerprint density at radius 1 is 1.75 bits per heavy atom. The Labute approximate surface area is 58.2 Å². The molecule has 0 spiro atoms. The molecule has 1 rings (SSSR count). The number of alkyl halides is 2. The third-order valence-corrected chi connectivity index (χ3v) is 1.82. The molecule has 0 N–H and O–H groups in total. The highest BCUT2D eigenvalue weighted by Gasteiger charge is 2.53. The largest absolute Gasteiger partial charge is 0.495 e. The normalized spacial score (nSPS) is 31.5. The molecule has 0 aliphatic heterocycles. The zero-order chi connectivity index (χ0) is 6.20. The number of hydrogen-bond acceptors (Lipinski definition) is 1. The van der Waals surface area contributed by atoms with Gasteiger partial charge in [0.1, 0.15) is 6.10 Å². The maximum Gasteiger partial charge on any atom is 0.158 e. The summed E-state index contributed by atoms with van der Waals surface area (Å²) in [6.45, 7) is 3.37. The average Bonchev–Trinajstić information content (AvgIpc) is 2.15. The zero-order valence-corrected chi connectivity index (χ0v) is 5.74. The van der Waals surface area contributed by atoms with Gasteiger partial charge in [0.05, 0.1) is 6.26 Å². The molecule has 0 radical (unpaired) electrons. The first-order valence-electron chi connectivity index (χ1n) is 2.31. The molecule has 0 heterocycles. The van der Waals surface area contributed by atoms with Gasteiger partial charge in [0, 0.05) is 6.42 Å². The second-order valence-corrected chi connectivity index (χ2v) is 3.30. The Bertz CT molecular complexity index is 111. The van der Waals surface area contributed by atoms with E-state index >= 15 is 0 Å². The van der Waals surface area contributed by atoms with E-state index in [0.29, 0.717) is 6.42 Å². The molecule has 1 unspecified atom stereocenters. The second kappa shape index (κ2) is 1.82. The topological polar surface area (TPSA) is 9.23 Å². The summed E-state index contributed by atoms with van der Waals surface area (Å²) in [4.78, 5) is 0. The van der Waals surface area contributed by atoms with Crippen molar-refractivity contribution in [3.63, 3.8) is 0 Å². The van der Waals surface area contributed by atoms with Crippen molar-refractivity contribution in [1.82, 2.24) is 0 Å². The fourth-order valence-electron chi connectivity index (χ4n) is 0.452. The Kier molecular flexibility index (Phi) is 1.42. The van der Waals surface area contributed by atoms with Gasteiger partial charge in [-0.1, -0.05) is 29.8 Å². The van der Waals surface area contributed by atoms with Crippen molar-refractivity contribution in [3.05, 3.63) is 12.8 Å².